The Morgan fingerprint density at radius 2 is 1.88 bits per heavy atom. The zero-order valence-corrected chi connectivity index (χ0v) is 10.2. The van der Waals surface area contributed by atoms with Crippen LogP contribution in [-0.2, 0) is 4.79 Å². The molecule has 3 heteroatoms. The Bertz CT molecular complexity index is 358. The van der Waals surface area contributed by atoms with Gasteiger partial charge in [0.25, 0.3) is 0 Å². The number of carbonyl (C=O) groups is 1. The predicted molar refractivity (Wildman–Crippen MR) is 63.2 cm³/mol. The number of hydrogen-bond donors (Lipinski definition) is 0. The van der Waals surface area contributed by atoms with E-state index in [1.54, 1.807) is 20.3 Å². The summed E-state index contributed by atoms with van der Waals surface area (Å²) >= 11 is 0. The molecule has 3 nitrogen and oxygen atoms in total. The van der Waals surface area contributed by atoms with Crippen LogP contribution in [0, 0.1) is 5.92 Å². The van der Waals surface area contributed by atoms with Crippen molar-refractivity contribution in [1.29, 1.82) is 0 Å². The number of rotatable bonds is 5. The molecule has 0 aliphatic carbocycles. The second-order valence-electron chi connectivity index (χ2n) is 4.01. The monoisotopic (exact) mass is 222 g/mol. The number of methoxy groups -OCH3 is 2. The maximum Gasteiger partial charge on any atom is 0.127 e. The molecule has 1 rings (SSSR count). The standard InChI is InChI=1S/C13H18O3/c1-9(2)12(8-14)11-6-5-10(15-3)7-13(11)16-4/h5-9,12H,1-4H3. The van der Waals surface area contributed by atoms with Crippen molar-refractivity contribution in [3.8, 4) is 11.5 Å². The largest absolute Gasteiger partial charge is 0.497 e. The Balaban J connectivity index is 3.16. The molecule has 16 heavy (non-hydrogen) atoms. The first-order chi connectivity index (χ1) is 7.63. The number of ether oxygens (including phenoxy) is 2. The Kier molecular flexibility index (Phi) is 4.35. The summed E-state index contributed by atoms with van der Waals surface area (Å²) in [6, 6.07) is 5.53. The highest BCUT2D eigenvalue weighted by Gasteiger charge is 2.19. The molecule has 0 N–H and O–H groups in total. The maximum atomic E-state index is 11.1. The van der Waals surface area contributed by atoms with E-state index in [0.29, 0.717) is 5.75 Å². The second-order valence-corrected chi connectivity index (χ2v) is 4.01. The Morgan fingerprint density at radius 1 is 1.19 bits per heavy atom. The van der Waals surface area contributed by atoms with Crippen LogP contribution in [0.2, 0.25) is 0 Å². The Labute approximate surface area is 96.4 Å². The van der Waals surface area contributed by atoms with Gasteiger partial charge in [0.2, 0.25) is 0 Å². The molecule has 0 heterocycles. The number of hydrogen-bond acceptors (Lipinski definition) is 3. The average Bonchev–Trinajstić information content (AvgIpc) is 2.29. The minimum atomic E-state index is -0.138. The summed E-state index contributed by atoms with van der Waals surface area (Å²) in [6.07, 6.45) is 0.967. The molecule has 88 valence electrons. The number of benzene rings is 1. The predicted octanol–water partition coefficient (Wildman–Crippen LogP) is 2.64. The van der Waals surface area contributed by atoms with Crippen molar-refractivity contribution in [3.05, 3.63) is 23.8 Å². The smallest absolute Gasteiger partial charge is 0.127 e. The van der Waals surface area contributed by atoms with Crippen LogP contribution in [0.3, 0.4) is 0 Å². The molecule has 0 aliphatic rings. The molecule has 1 unspecified atom stereocenters. The molecule has 0 bridgehead atoms. The van der Waals surface area contributed by atoms with Gasteiger partial charge in [-0.2, -0.15) is 0 Å². The van der Waals surface area contributed by atoms with Crippen LogP contribution in [0.1, 0.15) is 25.3 Å². The van der Waals surface area contributed by atoms with Crippen molar-refractivity contribution in [2.24, 2.45) is 5.92 Å². The van der Waals surface area contributed by atoms with Crippen LogP contribution in [0.15, 0.2) is 18.2 Å². The van der Waals surface area contributed by atoms with E-state index in [9.17, 15) is 4.79 Å². The van der Waals surface area contributed by atoms with Gasteiger partial charge in [-0.05, 0) is 12.0 Å². The quantitative estimate of drug-likeness (QED) is 0.718. The third kappa shape index (κ3) is 2.54. The van der Waals surface area contributed by atoms with Crippen molar-refractivity contribution in [2.45, 2.75) is 19.8 Å². The van der Waals surface area contributed by atoms with Gasteiger partial charge < -0.3 is 14.3 Å². The minimum absolute atomic E-state index is 0.138. The van der Waals surface area contributed by atoms with Gasteiger partial charge in [0, 0.05) is 17.5 Å². The molecule has 0 amide bonds. The van der Waals surface area contributed by atoms with Gasteiger partial charge >= 0.3 is 0 Å². The van der Waals surface area contributed by atoms with Gasteiger partial charge in [-0.3, -0.25) is 0 Å². The summed E-state index contributed by atoms with van der Waals surface area (Å²) < 4.78 is 10.4. The van der Waals surface area contributed by atoms with Crippen molar-refractivity contribution in [2.75, 3.05) is 14.2 Å². The normalized spacial score (nSPS) is 12.3. The van der Waals surface area contributed by atoms with Crippen LogP contribution in [0.25, 0.3) is 0 Å². The van der Waals surface area contributed by atoms with Gasteiger partial charge in [0.1, 0.15) is 17.8 Å². The Morgan fingerprint density at radius 3 is 2.31 bits per heavy atom. The average molecular weight is 222 g/mol. The minimum Gasteiger partial charge on any atom is -0.497 e. The van der Waals surface area contributed by atoms with E-state index in [1.807, 2.05) is 26.0 Å². The number of carbonyl (C=O) groups excluding carboxylic acids is 1. The van der Waals surface area contributed by atoms with Crippen molar-refractivity contribution >= 4 is 6.29 Å². The van der Waals surface area contributed by atoms with E-state index in [4.69, 9.17) is 9.47 Å². The zero-order valence-electron chi connectivity index (χ0n) is 10.2. The first-order valence-corrected chi connectivity index (χ1v) is 5.31. The summed E-state index contributed by atoms with van der Waals surface area (Å²) in [5, 5.41) is 0. The fourth-order valence-corrected chi connectivity index (χ4v) is 1.68. The molecule has 1 aromatic carbocycles. The van der Waals surface area contributed by atoms with Crippen molar-refractivity contribution < 1.29 is 14.3 Å². The lowest BCUT2D eigenvalue weighted by Crippen LogP contribution is -2.09. The van der Waals surface area contributed by atoms with E-state index in [2.05, 4.69) is 0 Å². The van der Waals surface area contributed by atoms with Gasteiger partial charge in [-0.15, -0.1) is 0 Å². The lowest BCUT2D eigenvalue weighted by molar-refractivity contribution is -0.109. The van der Waals surface area contributed by atoms with Gasteiger partial charge in [0.05, 0.1) is 14.2 Å². The van der Waals surface area contributed by atoms with Gasteiger partial charge in [-0.1, -0.05) is 19.9 Å². The Hall–Kier alpha value is -1.51. The van der Waals surface area contributed by atoms with Crippen LogP contribution in [0.4, 0.5) is 0 Å². The highest BCUT2D eigenvalue weighted by molar-refractivity contribution is 5.65. The zero-order chi connectivity index (χ0) is 12.1. The van der Waals surface area contributed by atoms with E-state index >= 15 is 0 Å². The topological polar surface area (TPSA) is 35.5 Å². The first kappa shape index (κ1) is 12.6. The van der Waals surface area contributed by atoms with Gasteiger partial charge in [0.15, 0.2) is 0 Å². The molecule has 0 radical (unpaired) electrons. The summed E-state index contributed by atoms with van der Waals surface area (Å²) in [7, 11) is 3.20. The summed E-state index contributed by atoms with van der Waals surface area (Å²) in [6.45, 7) is 4.03. The summed E-state index contributed by atoms with van der Waals surface area (Å²) in [5.41, 5.74) is 0.910. The van der Waals surface area contributed by atoms with E-state index in [0.717, 1.165) is 17.6 Å². The SMILES string of the molecule is COc1ccc(C(C=O)C(C)C)c(OC)c1. The molecule has 0 aromatic heterocycles. The van der Waals surface area contributed by atoms with Crippen molar-refractivity contribution in [3.63, 3.8) is 0 Å². The first-order valence-electron chi connectivity index (χ1n) is 5.31. The second kappa shape index (κ2) is 5.54. The van der Waals surface area contributed by atoms with Crippen LogP contribution >= 0.6 is 0 Å². The van der Waals surface area contributed by atoms with Crippen LogP contribution in [-0.4, -0.2) is 20.5 Å². The third-order valence-electron chi connectivity index (χ3n) is 2.66. The molecule has 0 saturated carbocycles. The molecule has 0 aliphatic heterocycles. The van der Waals surface area contributed by atoms with Gasteiger partial charge in [-0.25, -0.2) is 0 Å². The van der Waals surface area contributed by atoms with E-state index in [-0.39, 0.29) is 11.8 Å². The third-order valence-corrected chi connectivity index (χ3v) is 2.66. The fraction of sp³-hybridized carbons (Fsp3) is 0.462. The molecule has 0 spiro atoms. The highest BCUT2D eigenvalue weighted by Crippen LogP contribution is 2.33. The highest BCUT2D eigenvalue weighted by atomic mass is 16.5. The molecular formula is C13H18O3. The fourth-order valence-electron chi connectivity index (χ4n) is 1.68. The number of aldehydes is 1. The van der Waals surface area contributed by atoms with E-state index < -0.39 is 0 Å². The molecule has 1 atom stereocenters. The molecule has 0 fully saturated rings. The van der Waals surface area contributed by atoms with Crippen molar-refractivity contribution in [1.82, 2.24) is 0 Å². The van der Waals surface area contributed by atoms with Crippen LogP contribution < -0.4 is 9.47 Å². The molecule has 0 saturated heterocycles. The molecule has 1 aromatic rings. The lowest BCUT2D eigenvalue weighted by Gasteiger charge is -2.18. The maximum absolute atomic E-state index is 11.1. The summed E-state index contributed by atoms with van der Waals surface area (Å²) in [4.78, 5) is 11.1. The van der Waals surface area contributed by atoms with E-state index in [1.165, 1.54) is 0 Å². The van der Waals surface area contributed by atoms with Crippen LogP contribution in [0.5, 0.6) is 11.5 Å². The molecular weight excluding hydrogens is 204 g/mol. The summed E-state index contributed by atoms with van der Waals surface area (Å²) in [5.74, 6) is 1.54. The lowest BCUT2D eigenvalue weighted by atomic mass is 9.89.